The van der Waals surface area contributed by atoms with Gasteiger partial charge in [0.2, 0.25) is 0 Å². The molecule has 0 radical (unpaired) electrons. The number of aromatic nitrogens is 3. The van der Waals surface area contributed by atoms with Crippen LogP contribution in [0.3, 0.4) is 0 Å². The van der Waals surface area contributed by atoms with E-state index < -0.39 is 0 Å². The Kier molecular flexibility index (Phi) is 2.10. The van der Waals surface area contributed by atoms with Gasteiger partial charge in [0, 0.05) is 19.3 Å². The lowest BCUT2D eigenvalue weighted by atomic mass is 10.2. The minimum atomic E-state index is -0.0305. The van der Waals surface area contributed by atoms with Crippen LogP contribution in [0.2, 0.25) is 0 Å². The first kappa shape index (κ1) is 8.62. The highest BCUT2D eigenvalue weighted by Gasteiger charge is 2.01. The summed E-state index contributed by atoms with van der Waals surface area (Å²) < 4.78 is 1.69. The molecule has 0 amide bonds. The van der Waals surface area contributed by atoms with Gasteiger partial charge in [-0.25, -0.2) is 4.68 Å². The topological polar surface area (TPSA) is 47.8 Å². The minimum absolute atomic E-state index is 0.0305. The van der Waals surface area contributed by atoms with Crippen LogP contribution in [0.4, 0.5) is 0 Å². The highest BCUT2D eigenvalue weighted by Crippen LogP contribution is 2.05. The highest BCUT2D eigenvalue weighted by atomic mass is 16.1. The van der Waals surface area contributed by atoms with Crippen LogP contribution in [0.25, 0.3) is 5.69 Å². The van der Waals surface area contributed by atoms with Crippen molar-refractivity contribution in [1.82, 2.24) is 14.8 Å². The van der Waals surface area contributed by atoms with Crippen molar-refractivity contribution in [2.45, 2.75) is 6.92 Å². The molecule has 14 heavy (non-hydrogen) atoms. The van der Waals surface area contributed by atoms with E-state index in [2.05, 4.69) is 10.1 Å². The summed E-state index contributed by atoms with van der Waals surface area (Å²) in [6.07, 6.45) is 5.15. The Labute approximate surface area is 81.2 Å². The maximum Gasteiger partial charge on any atom is 0.178 e. The van der Waals surface area contributed by atoms with Crippen LogP contribution in [0.5, 0.6) is 0 Å². The summed E-state index contributed by atoms with van der Waals surface area (Å²) in [6, 6.07) is 5.34. The molecule has 0 saturated heterocycles. The lowest BCUT2D eigenvalue weighted by Crippen LogP contribution is -1.99. The summed E-state index contributed by atoms with van der Waals surface area (Å²) in [7, 11) is 0. The molecule has 0 unspecified atom stereocenters. The van der Waals surface area contributed by atoms with Crippen molar-refractivity contribution >= 4 is 5.78 Å². The van der Waals surface area contributed by atoms with Crippen LogP contribution in [0.15, 0.2) is 36.8 Å². The molecule has 0 aliphatic carbocycles. The van der Waals surface area contributed by atoms with Gasteiger partial charge < -0.3 is 0 Å². The molecule has 2 aromatic rings. The lowest BCUT2D eigenvalue weighted by Gasteiger charge is -2.00. The predicted octanol–water partition coefficient (Wildman–Crippen LogP) is 1.47. The van der Waals surface area contributed by atoms with Gasteiger partial charge in [-0.1, -0.05) is 0 Å². The van der Waals surface area contributed by atoms with Crippen molar-refractivity contribution in [2.24, 2.45) is 0 Å². The van der Waals surface area contributed by atoms with Gasteiger partial charge >= 0.3 is 0 Å². The summed E-state index contributed by atoms with van der Waals surface area (Å²) >= 11 is 0. The number of hydrogen-bond donors (Lipinski definition) is 0. The summed E-state index contributed by atoms with van der Waals surface area (Å²) in [5.41, 5.74) is 1.32. The smallest absolute Gasteiger partial charge is 0.178 e. The first-order chi connectivity index (χ1) is 6.77. The van der Waals surface area contributed by atoms with Gasteiger partial charge in [0.15, 0.2) is 5.78 Å². The fraction of sp³-hybridized carbons (Fsp3) is 0.100. The van der Waals surface area contributed by atoms with Gasteiger partial charge in [-0.15, -0.1) is 0 Å². The number of nitrogens with zero attached hydrogens (tertiary/aromatic N) is 3. The molecule has 0 atom stereocenters. The fourth-order valence-corrected chi connectivity index (χ4v) is 1.15. The van der Waals surface area contributed by atoms with Gasteiger partial charge in [-0.05, 0) is 18.2 Å². The molecule has 0 fully saturated rings. The van der Waals surface area contributed by atoms with Gasteiger partial charge in [-0.3, -0.25) is 9.78 Å². The first-order valence-corrected chi connectivity index (χ1v) is 4.24. The van der Waals surface area contributed by atoms with Crippen molar-refractivity contribution < 1.29 is 4.79 Å². The maximum absolute atomic E-state index is 11.0. The summed E-state index contributed by atoms with van der Waals surface area (Å²) in [5.74, 6) is -0.0305. The molecule has 2 aromatic heterocycles. The maximum atomic E-state index is 11.0. The predicted molar refractivity (Wildman–Crippen MR) is 51.4 cm³/mol. The molecule has 0 saturated carbocycles. The Bertz CT molecular complexity index is 431. The molecular weight excluding hydrogens is 178 g/mol. The third-order valence-corrected chi connectivity index (χ3v) is 1.88. The summed E-state index contributed by atoms with van der Waals surface area (Å²) in [5, 5.41) is 4.05. The zero-order chi connectivity index (χ0) is 9.97. The SMILES string of the molecule is CC(=O)c1ccc(-n2cccn2)cn1. The quantitative estimate of drug-likeness (QED) is 0.669. The van der Waals surface area contributed by atoms with Crippen molar-refractivity contribution in [3.8, 4) is 5.69 Å². The van der Waals surface area contributed by atoms with Crippen LogP contribution in [-0.2, 0) is 0 Å². The van der Waals surface area contributed by atoms with Crippen molar-refractivity contribution in [3.05, 3.63) is 42.5 Å². The van der Waals surface area contributed by atoms with E-state index >= 15 is 0 Å². The monoisotopic (exact) mass is 187 g/mol. The third-order valence-electron chi connectivity index (χ3n) is 1.88. The van der Waals surface area contributed by atoms with Crippen LogP contribution >= 0.6 is 0 Å². The minimum Gasteiger partial charge on any atom is -0.293 e. The average Bonchev–Trinajstić information content (AvgIpc) is 2.71. The summed E-state index contributed by atoms with van der Waals surface area (Å²) in [4.78, 5) is 15.0. The standard InChI is InChI=1S/C10H9N3O/c1-8(14)10-4-3-9(7-11-10)13-6-2-5-12-13/h2-7H,1H3. The zero-order valence-electron chi connectivity index (χ0n) is 7.71. The lowest BCUT2D eigenvalue weighted by molar-refractivity contribution is 0.101. The van der Waals surface area contributed by atoms with E-state index in [1.165, 1.54) is 6.92 Å². The molecule has 4 heteroatoms. The molecule has 2 rings (SSSR count). The van der Waals surface area contributed by atoms with Gasteiger partial charge in [-0.2, -0.15) is 5.10 Å². The van der Waals surface area contributed by atoms with E-state index in [9.17, 15) is 4.79 Å². The Hall–Kier alpha value is -1.97. The van der Waals surface area contributed by atoms with Crippen molar-refractivity contribution in [2.75, 3.05) is 0 Å². The molecule has 2 heterocycles. The molecule has 4 nitrogen and oxygen atoms in total. The van der Waals surface area contributed by atoms with Gasteiger partial charge in [0.1, 0.15) is 5.69 Å². The fourth-order valence-electron chi connectivity index (χ4n) is 1.15. The summed E-state index contributed by atoms with van der Waals surface area (Å²) in [6.45, 7) is 1.50. The molecule has 70 valence electrons. The number of pyridine rings is 1. The van der Waals surface area contributed by atoms with Crippen LogP contribution in [-0.4, -0.2) is 20.5 Å². The molecule has 0 bridgehead atoms. The molecular formula is C10H9N3O. The molecule has 0 aliphatic rings. The van der Waals surface area contributed by atoms with Gasteiger partial charge in [0.05, 0.1) is 11.9 Å². The van der Waals surface area contributed by atoms with Crippen molar-refractivity contribution in [1.29, 1.82) is 0 Å². The highest BCUT2D eigenvalue weighted by molar-refractivity contribution is 5.92. The number of rotatable bonds is 2. The number of Topliss-reactive ketones (excluding diaryl/α,β-unsaturated/α-hetero) is 1. The van der Waals surface area contributed by atoms with E-state index in [0.717, 1.165) is 5.69 Å². The van der Waals surface area contributed by atoms with Crippen molar-refractivity contribution in [3.63, 3.8) is 0 Å². The largest absolute Gasteiger partial charge is 0.293 e. The van der Waals surface area contributed by atoms with E-state index in [1.807, 2.05) is 18.3 Å². The van der Waals surface area contributed by atoms with E-state index in [1.54, 1.807) is 23.1 Å². The molecule has 0 aliphatic heterocycles. The number of hydrogen-bond acceptors (Lipinski definition) is 3. The number of ketones is 1. The van der Waals surface area contributed by atoms with E-state index in [4.69, 9.17) is 0 Å². The number of carbonyl (C=O) groups is 1. The van der Waals surface area contributed by atoms with E-state index in [-0.39, 0.29) is 5.78 Å². The Balaban J connectivity index is 2.36. The average molecular weight is 187 g/mol. The van der Waals surface area contributed by atoms with E-state index in [0.29, 0.717) is 5.69 Å². The normalized spacial score (nSPS) is 10.1. The second kappa shape index (κ2) is 3.41. The molecule has 0 aromatic carbocycles. The zero-order valence-corrected chi connectivity index (χ0v) is 7.71. The third kappa shape index (κ3) is 1.54. The second-order valence-electron chi connectivity index (χ2n) is 2.91. The van der Waals surface area contributed by atoms with Gasteiger partial charge in [0.25, 0.3) is 0 Å². The molecule has 0 N–H and O–H groups in total. The Morgan fingerprint density at radius 1 is 1.43 bits per heavy atom. The van der Waals surface area contributed by atoms with Crippen LogP contribution in [0.1, 0.15) is 17.4 Å². The first-order valence-electron chi connectivity index (χ1n) is 4.24. The van der Waals surface area contributed by atoms with Crippen LogP contribution < -0.4 is 0 Å². The number of carbonyl (C=O) groups excluding carboxylic acids is 1. The Morgan fingerprint density at radius 2 is 2.29 bits per heavy atom. The Morgan fingerprint density at radius 3 is 2.79 bits per heavy atom. The second-order valence-corrected chi connectivity index (χ2v) is 2.91. The molecule has 0 spiro atoms. The van der Waals surface area contributed by atoms with Crippen LogP contribution in [0, 0.1) is 0 Å².